The maximum absolute atomic E-state index is 12.2. The Kier molecular flexibility index (Phi) is 6.68. The molecule has 1 saturated heterocycles. The first-order valence-electron chi connectivity index (χ1n) is 8.14. The molecule has 0 aromatic heterocycles. The van der Waals surface area contributed by atoms with Gasteiger partial charge in [-0.1, -0.05) is 0 Å². The minimum absolute atomic E-state index is 0.109. The Labute approximate surface area is 146 Å². The number of nitro benzene ring substituents is 1. The van der Waals surface area contributed by atoms with Crippen molar-refractivity contribution in [3.8, 4) is 5.75 Å². The molecule has 9 nitrogen and oxygen atoms in total. The molecule has 0 bridgehead atoms. The fourth-order valence-electron chi connectivity index (χ4n) is 2.77. The Morgan fingerprint density at radius 1 is 1.40 bits per heavy atom. The van der Waals surface area contributed by atoms with Crippen LogP contribution in [0.2, 0.25) is 0 Å². The molecular formula is C16H24N4O5. The highest BCUT2D eigenvalue weighted by molar-refractivity contribution is 5.94. The molecular weight excluding hydrogens is 328 g/mol. The fourth-order valence-corrected chi connectivity index (χ4v) is 2.77. The summed E-state index contributed by atoms with van der Waals surface area (Å²) >= 11 is 0. The predicted molar refractivity (Wildman–Crippen MR) is 92.8 cm³/mol. The van der Waals surface area contributed by atoms with E-state index in [0.29, 0.717) is 18.8 Å². The van der Waals surface area contributed by atoms with E-state index < -0.39 is 4.92 Å². The molecule has 1 aromatic rings. The number of amides is 1. The zero-order valence-corrected chi connectivity index (χ0v) is 14.5. The molecule has 0 unspecified atom stereocenters. The lowest BCUT2D eigenvalue weighted by atomic mass is 10.2. The summed E-state index contributed by atoms with van der Waals surface area (Å²) in [4.78, 5) is 27.0. The van der Waals surface area contributed by atoms with Crippen LogP contribution in [-0.2, 0) is 4.79 Å². The number of anilines is 1. The molecule has 0 spiro atoms. The van der Waals surface area contributed by atoms with Gasteiger partial charge in [-0.2, -0.15) is 0 Å². The summed E-state index contributed by atoms with van der Waals surface area (Å²) in [6.45, 7) is 5.22. The van der Waals surface area contributed by atoms with Gasteiger partial charge in [-0.25, -0.2) is 0 Å². The van der Waals surface area contributed by atoms with Crippen LogP contribution < -0.4 is 10.1 Å². The first-order valence-corrected chi connectivity index (χ1v) is 8.14. The third kappa shape index (κ3) is 5.12. The molecule has 0 radical (unpaired) electrons. The average Bonchev–Trinajstić information content (AvgIpc) is 2.61. The van der Waals surface area contributed by atoms with Crippen molar-refractivity contribution < 1.29 is 19.6 Å². The van der Waals surface area contributed by atoms with Crippen molar-refractivity contribution in [1.29, 1.82) is 0 Å². The zero-order chi connectivity index (χ0) is 18.4. The van der Waals surface area contributed by atoms with E-state index in [9.17, 15) is 20.0 Å². The highest BCUT2D eigenvalue weighted by Crippen LogP contribution is 2.28. The molecule has 1 aliphatic heterocycles. The van der Waals surface area contributed by atoms with E-state index in [1.807, 2.05) is 11.8 Å². The number of piperazine rings is 1. The Bertz CT molecular complexity index is 617. The summed E-state index contributed by atoms with van der Waals surface area (Å²) < 4.78 is 4.98. The van der Waals surface area contributed by atoms with Gasteiger partial charge in [-0.15, -0.1) is 0 Å². The van der Waals surface area contributed by atoms with Crippen LogP contribution >= 0.6 is 0 Å². The molecule has 2 rings (SSSR count). The number of hydrogen-bond acceptors (Lipinski definition) is 7. The summed E-state index contributed by atoms with van der Waals surface area (Å²) in [5.74, 6) is 0.0655. The minimum atomic E-state index is -0.548. The van der Waals surface area contributed by atoms with E-state index in [0.717, 1.165) is 13.1 Å². The summed E-state index contributed by atoms with van der Waals surface area (Å²) in [7, 11) is 1.43. The average molecular weight is 352 g/mol. The topological polar surface area (TPSA) is 108 Å². The quantitative estimate of drug-likeness (QED) is 0.544. The maximum Gasteiger partial charge on any atom is 0.296 e. The molecule has 1 atom stereocenters. The van der Waals surface area contributed by atoms with Crippen LogP contribution in [0, 0.1) is 10.1 Å². The van der Waals surface area contributed by atoms with Gasteiger partial charge in [0.2, 0.25) is 5.91 Å². The van der Waals surface area contributed by atoms with Crippen molar-refractivity contribution in [2.45, 2.75) is 13.0 Å². The first-order chi connectivity index (χ1) is 11.9. The Morgan fingerprint density at radius 2 is 2.08 bits per heavy atom. The molecule has 1 aliphatic rings. The zero-order valence-electron chi connectivity index (χ0n) is 14.5. The van der Waals surface area contributed by atoms with Crippen LogP contribution in [0.3, 0.4) is 0 Å². The number of nitrogens with one attached hydrogen (secondary N) is 1. The molecule has 138 valence electrons. The van der Waals surface area contributed by atoms with Crippen LogP contribution in [0.5, 0.6) is 5.75 Å². The van der Waals surface area contributed by atoms with Crippen LogP contribution in [0.4, 0.5) is 11.4 Å². The van der Waals surface area contributed by atoms with E-state index in [1.54, 1.807) is 6.07 Å². The normalized spacial score (nSPS) is 17.1. The minimum Gasteiger partial charge on any atom is -0.496 e. The number of nitro groups is 1. The van der Waals surface area contributed by atoms with Crippen molar-refractivity contribution in [1.82, 2.24) is 9.80 Å². The van der Waals surface area contributed by atoms with Gasteiger partial charge in [0, 0.05) is 32.2 Å². The second-order valence-electron chi connectivity index (χ2n) is 6.03. The summed E-state index contributed by atoms with van der Waals surface area (Å²) in [6, 6.07) is 4.43. The number of nitrogens with zero attached hydrogens (tertiary/aromatic N) is 3. The molecule has 0 aliphatic carbocycles. The van der Waals surface area contributed by atoms with Gasteiger partial charge in [0.05, 0.1) is 31.3 Å². The molecule has 1 fully saturated rings. The van der Waals surface area contributed by atoms with Crippen molar-refractivity contribution >= 4 is 17.3 Å². The van der Waals surface area contributed by atoms with Gasteiger partial charge >= 0.3 is 0 Å². The van der Waals surface area contributed by atoms with Gasteiger partial charge in [0.1, 0.15) is 11.4 Å². The van der Waals surface area contributed by atoms with E-state index in [2.05, 4.69) is 10.2 Å². The highest BCUT2D eigenvalue weighted by atomic mass is 16.6. The van der Waals surface area contributed by atoms with Crippen molar-refractivity contribution in [3.05, 3.63) is 28.3 Å². The largest absolute Gasteiger partial charge is 0.496 e. The van der Waals surface area contributed by atoms with Crippen LogP contribution in [0.1, 0.15) is 6.92 Å². The Balaban J connectivity index is 1.92. The number of benzene rings is 1. The lowest BCUT2D eigenvalue weighted by Gasteiger charge is -2.37. The second kappa shape index (κ2) is 8.75. The van der Waals surface area contributed by atoms with E-state index in [4.69, 9.17) is 4.74 Å². The van der Waals surface area contributed by atoms with E-state index >= 15 is 0 Å². The van der Waals surface area contributed by atoms with Crippen molar-refractivity contribution in [3.63, 3.8) is 0 Å². The van der Waals surface area contributed by atoms with E-state index in [1.165, 1.54) is 19.2 Å². The van der Waals surface area contributed by atoms with Gasteiger partial charge in [0.25, 0.3) is 5.69 Å². The third-order valence-corrected chi connectivity index (χ3v) is 4.34. The lowest BCUT2D eigenvalue weighted by Crippen LogP contribution is -2.51. The van der Waals surface area contributed by atoms with Gasteiger partial charge < -0.3 is 15.2 Å². The number of rotatable bonds is 7. The van der Waals surface area contributed by atoms with Crippen molar-refractivity contribution in [2.75, 3.05) is 51.8 Å². The van der Waals surface area contributed by atoms with Gasteiger partial charge in [-0.3, -0.25) is 24.7 Å². The Morgan fingerprint density at radius 3 is 2.64 bits per heavy atom. The molecule has 1 amide bonds. The number of carbonyl (C=O) groups excluding carboxylic acids is 1. The molecule has 2 N–H and O–H groups in total. The fraction of sp³-hybridized carbons (Fsp3) is 0.562. The third-order valence-electron chi connectivity index (χ3n) is 4.34. The summed E-state index contributed by atoms with van der Waals surface area (Å²) in [5.41, 5.74) is -0.0439. The van der Waals surface area contributed by atoms with Crippen LogP contribution in [0.25, 0.3) is 0 Å². The maximum atomic E-state index is 12.2. The van der Waals surface area contributed by atoms with Crippen LogP contribution in [-0.4, -0.2) is 78.2 Å². The molecule has 0 saturated carbocycles. The Hall–Kier alpha value is -2.23. The smallest absolute Gasteiger partial charge is 0.296 e. The second-order valence-corrected chi connectivity index (χ2v) is 6.03. The number of aliphatic hydroxyl groups is 1. The predicted octanol–water partition coefficient (Wildman–Crippen LogP) is 0.540. The van der Waals surface area contributed by atoms with Gasteiger partial charge in [0.15, 0.2) is 0 Å². The van der Waals surface area contributed by atoms with Gasteiger partial charge in [-0.05, 0) is 19.1 Å². The monoisotopic (exact) mass is 352 g/mol. The summed E-state index contributed by atoms with van der Waals surface area (Å²) in [6.07, 6.45) is 0. The lowest BCUT2D eigenvalue weighted by molar-refractivity contribution is -0.384. The van der Waals surface area contributed by atoms with E-state index in [-0.39, 0.29) is 36.5 Å². The summed E-state index contributed by atoms with van der Waals surface area (Å²) in [5, 5.41) is 22.9. The molecule has 25 heavy (non-hydrogen) atoms. The number of carbonyl (C=O) groups is 1. The highest BCUT2D eigenvalue weighted by Gasteiger charge is 2.23. The number of hydrogen-bond donors (Lipinski definition) is 2. The van der Waals surface area contributed by atoms with Crippen LogP contribution in [0.15, 0.2) is 18.2 Å². The SMILES string of the molecule is COc1ccc(NC(=O)CN2CCN([C@@H](C)CO)CC2)c([N+](=O)[O-])c1. The number of aliphatic hydroxyl groups excluding tert-OH is 1. The molecule has 1 aromatic carbocycles. The van der Waals surface area contributed by atoms with Crippen molar-refractivity contribution in [2.24, 2.45) is 0 Å². The number of methoxy groups -OCH3 is 1. The number of ether oxygens (including phenoxy) is 1. The standard InChI is InChI=1S/C16H24N4O5/c1-12(11-21)19-7-5-18(6-8-19)10-16(22)17-14-4-3-13(25-2)9-15(14)20(23)24/h3-4,9,12,21H,5-8,10-11H2,1-2H3,(H,17,22)/t12-/m0/s1. The molecule has 1 heterocycles. The first kappa shape index (κ1) is 19.1. The molecule has 9 heteroatoms.